The first-order valence-corrected chi connectivity index (χ1v) is 9.65. The molecule has 3 rings (SSSR count). The third-order valence-corrected chi connectivity index (χ3v) is 4.96. The van der Waals surface area contributed by atoms with Crippen molar-refractivity contribution in [1.82, 2.24) is 15.0 Å². The van der Waals surface area contributed by atoms with Gasteiger partial charge in [0, 0.05) is 24.4 Å². The summed E-state index contributed by atoms with van der Waals surface area (Å²) in [5.74, 6) is -0.556. The molecule has 0 aliphatic heterocycles. The van der Waals surface area contributed by atoms with Crippen LogP contribution in [0.3, 0.4) is 0 Å². The van der Waals surface area contributed by atoms with Crippen LogP contribution in [0.4, 0.5) is 0 Å². The number of methoxy groups -OCH3 is 1. The van der Waals surface area contributed by atoms with Gasteiger partial charge in [0.05, 0.1) is 41.1 Å². The Morgan fingerprint density at radius 2 is 2.07 bits per heavy atom. The molecule has 148 valence electrons. The summed E-state index contributed by atoms with van der Waals surface area (Å²) in [6, 6.07) is 7.50. The number of hydrogen-bond acceptors (Lipinski definition) is 5. The predicted molar refractivity (Wildman–Crippen MR) is 109 cm³/mol. The summed E-state index contributed by atoms with van der Waals surface area (Å²) in [5, 5.41) is 0.403. The number of fused-ring (bicyclic) bond motifs is 1. The van der Waals surface area contributed by atoms with Gasteiger partial charge in [-0.1, -0.05) is 18.5 Å². The monoisotopic (exact) mass is 401 g/mol. The molecule has 6 nitrogen and oxygen atoms in total. The van der Waals surface area contributed by atoms with Gasteiger partial charge in [0.15, 0.2) is 0 Å². The van der Waals surface area contributed by atoms with Crippen LogP contribution >= 0.6 is 11.6 Å². The zero-order valence-corrected chi connectivity index (χ0v) is 17.2. The molecule has 3 aromatic rings. The fraction of sp³-hybridized carbons (Fsp3) is 0.381. The number of carbonyl (C=O) groups is 1. The van der Waals surface area contributed by atoms with Gasteiger partial charge in [0.1, 0.15) is 5.15 Å². The highest BCUT2D eigenvalue weighted by molar-refractivity contribution is 6.29. The quantitative estimate of drug-likeness (QED) is 0.457. The zero-order valence-electron chi connectivity index (χ0n) is 16.5. The van der Waals surface area contributed by atoms with E-state index in [0.29, 0.717) is 18.2 Å². The SMILES string of the molecule is CCOC(=O)C(C)Cc1c(-c2cccnc2C(C)OC)[nH]c2ccc(Cl)nc12. The highest BCUT2D eigenvalue weighted by Gasteiger charge is 2.24. The maximum absolute atomic E-state index is 12.2. The van der Waals surface area contributed by atoms with E-state index in [1.807, 2.05) is 32.0 Å². The molecule has 0 saturated heterocycles. The summed E-state index contributed by atoms with van der Waals surface area (Å²) in [6.07, 6.45) is 2.03. The molecular formula is C21H24ClN3O3. The van der Waals surface area contributed by atoms with Gasteiger partial charge >= 0.3 is 5.97 Å². The first-order chi connectivity index (χ1) is 13.5. The smallest absolute Gasteiger partial charge is 0.308 e. The molecule has 0 radical (unpaired) electrons. The number of hydrogen-bond donors (Lipinski definition) is 1. The lowest BCUT2D eigenvalue weighted by molar-refractivity contribution is -0.147. The van der Waals surface area contributed by atoms with Crippen molar-refractivity contribution in [2.24, 2.45) is 5.92 Å². The van der Waals surface area contributed by atoms with Gasteiger partial charge in [-0.15, -0.1) is 0 Å². The second-order valence-electron chi connectivity index (χ2n) is 6.68. The lowest BCUT2D eigenvalue weighted by Gasteiger charge is -2.15. The van der Waals surface area contributed by atoms with Crippen LogP contribution in [0.25, 0.3) is 22.3 Å². The van der Waals surface area contributed by atoms with Crippen LogP contribution in [0.1, 0.15) is 38.1 Å². The van der Waals surface area contributed by atoms with Gasteiger partial charge in [0.25, 0.3) is 0 Å². The zero-order chi connectivity index (χ0) is 20.3. The molecule has 2 atom stereocenters. The number of H-pyrrole nitrogens is 1. The lowest BCUT2D eigenvalue weighted by Crippen LogP contribution is -2.17. The van der Waals surface area contributed by atoms with Crippen molar-refractivity contribution in [1.29, 1.82) is 0 Å². The summed E-state index contributed by atoms with van der Waals surface area (Å²) < 4.78 is 10.7. The van der Waals surface area contributed by atoms with E-state index < -0.39 is 0 Å². The van der Waals surface area contributed by atoms with E-state index in [1.54, 1.807) is 26.3 Å². The topological polar surface area (TPSA) is 77.1 Å². The fourth-order valence-electron chi connectivity index (χ4n) is 3.26. The number of pyridine rings is 2. The molecule has 2 unspecified atom stereocenters. The Bertz CT molecular complexity index is 986. The standard InChI is InChI=1S/C21H24ClN3O3/c1-5-28-21(26)12(2)11-15-19(24-16-8-9-17(22)25-20(15)16)14-7-6-10-23-18(14)13(3)27-4/h6-10,12-13,24H,5,11H2,1-4H3. The van der Waals surface area contributed by atoms with Crippen LogP contribution in [-0.4, -0.2) is 34.6 Å². The minimum absolute atomic E-state index is 0.186. The Morgan fingerprint density at radius 1 is 1.29 bits per heavy atom. The van der Waals surface area contributed by atoms with E-state index in [2.05, 4.69) is 15.0 Å². The molecule has 0 spiro atoms. The fourth-order valence-corrected chi connectivity index (χ4v) is 3.41. The Balaban J connectivity index is 2.17. The van der Waals surface area contributed by atoms with Crippen molar-refractivity contribution in [2.75, 3.05) is 13.7 Å². The molecule has 0 aromatic carbocycles. The summed E-state index contributed by atoms with van der Waals surface area (Å²) in [6.45, 7) is 5.96. The number of ether oxygens (including phenoxy) is 2. The molecule has 28 heavy (non-hydrogen) atoms. The summed E-state index contributed by atoms with van der Waals surface area (Å²) in [4.78, 5) is 24.7. The summed E-state index contributed by atoms with van der Waals surface area (Å²) in [7, 11) is 1.65. The molecule has 0 saturated carbocycles. The number of carbonyl (C=O) groups excluding carboxylic acids is 1. The highest BCUT2D eigenvalue weighted by atomic mass is 35.5. The van der Waals surface area contributed by atoms with Crippen molar-refractivity contribution < 1.29 is 14.3 Å². The summed E-state index contributed by atoms with van der Waals surface area (Å²) in [5.41, 5.74) is 5.11. The molecule has 7 heteroatoms. The van der Waals surface area contributed by atoms with Gasteiger partial charge in [-0.05, 0) is 44.5 Å². The third kappa shape index (κ3) is 4.03. The Labute approximate surface area is 169 Å². The van der Waals surface area contributed by atoms with Crippen molar-refractivity contribution in [3.05, 3.63) is 46.9 Å². The Hall–Kier alpha value is -2.44. The first kappa shape index (κ1) is 20.3. The van der Waals surface area contributed by atoms with Crippen molar-refractivity contribution in [3.8, 4) is 11.3 Å². The highest BCUT2D eigenvalue weighted by Crippen LogP contribution is 2.35. The number of aromatic nitrogens is 3. The number of nitrogens with zero attached hydrogens (tertiary/aromatic N) is 2. The molecule has 3 heterocycles. The minimum atomic E-state index is -0.321. The van der Waals surface area contributed by atoms with Crippen molar-refractivity contribution in [2.45, 2.75) is 33.3 Å². The van der Waals surface area contributed by atoms with E-state index in [-0.39, 0.29) is 18.0 Å². The van der Waals surface area contributed by atoms with E-state index in [0.717, 1.165) is 33.5 Å². The third-order valence-electron chi connectivity index (χ3n) is 4.75. The molecule has 0 aliphatic carbocycles. The number of rotatable bonds is 7. The molecule has 0 amide bonds. The van der Waals surface area contributed by atoms with Crippen LogP contribution in [0.2, 0.25) is 5.15 Å². The van der Waals surface area contributed by atoms with Gasteiger partial charge in [-0.2, -0.15) is 0 Å². The van der Waals surface area contributed by atoms with Crippen LogP contribution in [0.5, 0.6) is 0 Å². The molecular weight excluding hydrogens is 378 g/mol. The average molecular weight is 402 g/mol. The minimum Gasteiger partial charge on any atom is -0.466 e. The van der Waals surface area contributed by atoms with Crippen molar-refractivity contribution in [3.63, 3.8) is 0 Å². The van der Waals surface area contributed by atoms with E-state index in [1.165, 1.54) is 0 Å². The molecule has 1 N–H and O–H groups in total. The van der Waals surface area contributed by atoms with Crippen LogP contribution < -0.4 is 0 Å². The number of esters is 1. The maximum Gasteiger partial charge on any atom is 0.308 e. The van der Waals surface area contributed by atoms with E-state index >= 15 is 0 Å². The molecule has 3 aromatic heterocycles. The number of nitrogens with one attached hydrogen (secondary N) is 1. The first-order valence-electron chi connectivity index (χ1n) is 9.28. The second-order valence-corrected chi connectivity index (χ2v) is 7.07. The Morgan fingerprint density at radius 3 is 2.79 bits per heavy atom. The van der Waals surface area contributed by atoms with Crippen molar-refractivity contribution >= 4 is 28.6 Å². The van der Waals surface area contributed by atoms with Gasteiger partial charge in [0.2, 0.25) is 0 Å². The molecule has 0 fully saturated rings. The van der Waals surface area contributed by atoms with E-state index in [9.17, 15) is 4.79 Å². The normalized spacial score (nSPS) is 13.5. The van der Waals surface area contributed by atoms with Gasteiger partial charge in [-0.3, -0.25) is 9.78 Å². The number of halogens is 1. The lowest BCUT2D eigenvalue weighted by atomic mass is 9.96. The number of aromatic amines is 1. The molecule has 0 bridgehead atoms. The second kappa shape index (κ2) is 8.71. The summed E-state index contributed by atoms with van der Waals surface area (Å²) >= 11 is 6.15. The predicted octanol–water partition coefficient (Wildman–Crippen LogP) is 4.73. The maximum atomic E-state index is 12.2. The van der Waals surface area contributed by atoms with Crippen LogP contribution in [0, 0.1) is 5.92 Å². The van der Waals surface area contributed by atoms with Crippen LogP contribution in [0.15, 0.2) is 30.5 Å². The van der Waals surface area contributed by atoms with Crippen LogP contribution in [-0.2, 0) is 20.7 Å². The Kier molecular flexibility index (Phi) is 6.31. The molecule has 0 aliphatic rings. The van der Waals surface area contributed by atoms with E-state index in [4.69, 9.17) is 21.1 Å². The average Bonchev–Trinajstić information content (AvgIpc) is 3.05. The van der Waals surface area contributed by atoms with Gasteiger partial charge < -0.3 is 14.5 Å². The largest absolute Gasteiger partial charge is 0.466 e. The van der Waals surface area contributed by atoms with Gasteiger partial charge in [-0.25, -0.2) is 4.98 Å².